The van der Waals surface area contributed by atoms with Crippen molar-refractivity contribution < 1.29 is 24.2 Å². The number of nitrogens with one attached hydrogen (secondary N) is 2. The van der Waals surface area contributed by atoms with Crippen molar-refractivity contribution in [2.75, 3.05) is 45.7 Å². The molecular weight excluding hydrogens is 352 g/mol. The summed E-state index contributed by atoms with van der Waals surface area (Å²) < 4.78 is 5.64. The van der Waals surface area contributed by atoms with Crippen LogP contribution in [0.5, 0.6) is 0 Å². The van der Waals surface area contributed by atoms with E-state index < -0.39 is 12.1 Å². The number of amides is 4. The second kappa shape index (κ2) is 9.33. The van der Waals surface area contributed by atoms with Crippen LogP contribution in [0.25, 0.3) is 0 Å². The van der Waals surface area contributed by atoms with E-state index in [1.165, 1.54) is 9.80 Å². The minimum Gasteiger partial charge on any atom is -0.394 e. The van der Waals surface area contributed by atoms with E-state index in [9.17, 15) is 19.5 Å². The van der Waals surface area contributed by atoms with E-state index >= 15 is 0 Å². The van der Waals surface area contributed by atoms with Gasteiger partial charge in [0.15, 0.2) is 0 Å². The topological polar surface area (TPSA) is 111 Å². The molecule has 27 heavy (non-hydrogen) atoms. The number of hydrogen-bond acceptors (Lipinski definition) is 5. The Morgan fingerprint density at radius 3 is 2.52 bits per heavy atom. The third kappa shape index (κ3) is 5.18. The number of anilines is 1. The number of urea groups is 1. The number of hydrogen-bond donors (Lipinski definition) is 3. The van der Waals surface area contributed by atoms with Gasteiger partial charge in [0.2, 0.25) is 11.8 Å². The van der Waals surface area contributed by atoms with Gasteiger partial charge < -0.3 is 30.3 Å². The molecule has 1 saturated heterocycles. The molecule has 2 atom stereocenters. The molecule has 0 saturated carbocycles. The minimum atomic E-state index is -0.669. The van der Waals surface area contributed by atoms with Gasteiger partial charge in [-0.2, -0.15) is 0 Å². The Balaban J connectivity index is 2.15. The normalized spacial score (nSPS) is 19.6. The van der Waals surface area contributed by atoms with Crippen LogP contribution in [0.2, 0.25) is 0 Å². The highest BCUT2D eigenvalue weighted by Gasteiger charge is 2.38. The largest absolute Gasteiger partial charge is 0.394 e. The first-order chi connectivity index (χ1) is 12.9. The third-order valence-electron chi connectivity index (χ3n) is 4.28. The molecule has 0 bridgehead atoms. The zero-order valence-electron chi connectivity index (χ0n) is 15.8. The van der Waals surface area contributed by atoms with Crippen LogP contribution in [-0.2, 0) is 14.3 Å². The fraction of sp³-hybridized carbons (Fsp3) is 0.500. The molecule has 1 aromatic rings. The van der Waals surface area contributed by atoms with E-state index in [0.29, 0.717) is 12.2 Å². The van der Waals surface area contributed by atoms with E-state index in [2.05, 4.69) is 10.6 Å². The molecule has 1 aliphatic rings. The van der Waals surface area contributed by atoms with Gasteiger partial charge in [-0.1, -0.05) is 12.1 Å². The maximum atomic E-state index is 12.2. The first kappa shape index (κ1) is 20.7. The number of aliphatic hydroxyl groups excluding tert-OH is 1. The van der Waals surface area contributed by atoms with Crippen molar-refractivity contribution in [1.82, 2.24) is 15.1 Å². The van der Waals surface area contributed by atoms with Crippen molar-refractivity contribution in [3.8, 4) is 0 Å². The number of morpholine rings is 1. The van der Waals surface area contributed by atoms with Crippen molar-refractivity contribution in [2.45, 2.75) is 19.1 Å². The second-order valence-electron chi connectivity index (χ2n) is 6.40. The second-order valence-corrected chi connectivity index (χ2v) is 6.40. The fourth-order valence-electron chi connectivity index (χ4n) is 2.80. The number of aliphatic hydroxyl groups is 1. The number of ether oxygens (including phenoxy) is 1. The molecule has 4 amide bonds. The highest BCUT2D eigenvalue weighted by Crippen LogP contribution is 2.29. The summed E-state index contributed by atoms with van der Waals surface area (Å²) in [6.07, 6.45) is -0.568. The summed E-state index contributed by atoms with van der Waals surface area (Å²) in [4.78, 5) is 38.6. The van der Waals surface area contributed by atoms with Crippen molar-refractivity contribution >= 4 is 23.5 Å². The smallest absolute Gasteiger partial charge is 0.319 e. The summed E-state index contributed by atoms with van der Waals surface area (Å²) >= 11 is 0. The van der Waals surface area contributed by atoms with Crippen LogP contribution in [0.1, 0.15) is 18.6 Å². The van der Waals surface area contributed by atoms with Gasteiger partial charge in [-0.25, -0.2) is 4.79 Å². The van der Waals surface area contributed by atoms with E-state index in [1.54, 1.807) is 38.4 Å². The molecular formula is C18H26N4O5. The highest BCUT2D eigenvalue weighted by molar-refractivity contribution is 5.89. The minimum absolute atomic E-state index is 0.117. The SMILES string of the molecule is CCNC(=O)Nc1ccc([C@H]2OCC(=O)N(CC(=O)N(C)C)[C@@H]2CO)cc1. The van der Waals surface area contributed by atoms with Crippen LogP contribution >= 0.6 is 0 Å². The molecule has 9 heteroatoms. The Bertz CT molecular complexity index is 677. The number of carbonyl (C=O) groups excluding carboxylic acids is 3. The Hall–Kier alpha value is -2.65. The monoisotopic (exact) mass is 378 g/mol. The Labute approximate surface area is 158 Å². The van der Waals surface area contributed by atoms with Gasteiger partial charge >= 0.3 is 6.03 Å². The first-order valence-corrected chi connectivity index (χ1v) is 8.74. The molecule has 1 fully saturated rings. The lowest BCUT2D eigenvalue weighted by molar-refractivity contribution is -0.164. The molecule has 0 unspecified atom stereocenters. The maximum absolute atomic E-state index is 12.2. The Kier molecular flexibility index (Phi) is 7.14. The van der Waals surface area contributed by atoms with Crippen molar-refractivity contribution in [3.05, 3.63) is 29.8 Å². The highest BCUT2D eigenvalue weighted by atomic mass is 16.5. The van der Waals surface area contributed by atoms with Gasteiger partial charge in [-0.3, -0.25) is 9.59 Å². The molecule has 1 aliphatic heterocycles. The van der Waals surface area contributed by atoms with Gasteiger partial charge in [0, 0.05) is 26.3 Å². The predicted octanol–water partition coefficient (Wildman–Crippen LogP) is 0.177. The van der Waals surface area contributed by atoms with Gasteiger partial charge in [-0.15, -0.1) is 0 Å². The number of rotatable bonds is 6. The van der Waals surface area contributed by atoms with Crippen LogP contribution in [0.3, 0.4) is 0 Å². The average molecular weight is 378 g/mol. The predicted molar refractivity (Wildman–Crippen MR) is 99.1 cm³/mol. The summed E-state index contributed by atoms with van der Waals surface area (Å²) in [6.45, 7) is 1.73. The summed E-state index contributed by atoms with van der Waals surface area (Å²) in [5.41, 5.74) is 1.35. The number of likely N-dealkylation sites (N-methyl/N-ethyl adjacent to an activating group) is 1. The van der Waals surface area contributed by atoms with Gasteiger partial charge in [0.05, 0.1) is 12.6 Å². The summed E-state index contributed by atoms with van der Waals surface area (Å²) in [5, 5.41) is 15.2. The molecule has 0 radical (unpaired) electrons. The standard InChI is InChI=1S/C18H26N4O5/c1-4-19-18(26)20-13-7-5-12(6-8-13)17-14(10-23)22(16(25)11-27-17)9-15(24)21(2)3/h5-8,14,17,23H,4,9-11H2,1-3H3,(H2,19,20,26)/t14-,17-/m1/s1. The Morgan fingerprint density at radius 1 is 1.30 bits per heavy atom. The molecule has 1 aromatic carbocycles. The van der Waals surface area contributed by atoms with Crippen molar-refractivity contribution in [3.63, 3.8) is 0 Å². The number of carbonyl (C=O) groups is 3. The van der Waals surface area contributed by atoms with Gasteiger partial charge in [-0.05, 0) is 24.6 Å². The molecule has 1 heterocycles. The lowest BCUT2D eigenvalue weighted by Crippen LogP contribution is -2.55. The van der Waals surface area contributed by atoms with E-state index in [-0.39, 0.29) is 37.6 Å². The molecule has 0 spiro atoms. The van der Waals surface area contributed by atoms with E-state index in [0.717, 1.165) is 5.56 Å². The van der Waals surface area contributed by atoms with E-state index in [4.69, 9.17) is 4.74 Å². The summed E-state index contributed by atoms with van der Waals surface area (Å²) in [5.74, 6) is -0.570. The quantitative estimate of drug-likeness (QED) is 0.654. The molecule has 0 aromatic heterocycles. The molecule has 3 N–H and O–H groups in total. The Morgan fingerprint density at radius 2 is 1.96 bits per heavy atom. The zero-order valence-corrected chi connectivity index (χ0v) is 15.8. The zero-order chi connectivity index (χ0) is 20.0. The first-order valence-electron chi connectivity index (χ1n) is 8.74. The summed E-state index contributed by atoms with van der Waals surface area (Å²) in [7, 11) is 3.22. The molecule has 9 nitrogen and oxygen atoms in total. The molecule has 2 rings (SSSR count). The van der Waals surface area contributed by atoms with Crippen LogP contribution in [0, 0.1) is 0 Å². The summed E-state index contributed by atoms with van der Waals surface area (Å²) in [6, 6.07) is 5.99. The average Bonchev–Trinajstić information content (AvgIpc) is 2.64. The third-order valence-corrected chi connectivity index (χ3v) is 4.28. The van der Waals surface area contributed by atoms with Crippen molar-refractivity contribution in [1.29, 1.82) is 0 Å². The lowest BCUT2D eigenvalue weighted by atomic mass is 9.99. The van der Waals surface area contributed by atoms with Crippen molar-refractivity contribution in [2.24, 2.45) is 0 Å². The number of benzene rings is 1. The van der Waals surface area contributed by atoms with Gasteiger partial charge in [0.25, 0.3) is 0 Å². The molecule has 148 valence electrons. The maximum Gasteiger partial charge on any atom is 0.319 e. The van der Waals surface area contributed by atoms with E-state index in [1.807, 2.05) is 6.92 Å². The van der Waals surface area contributed by atoms with Crippen LogP contribution in [-0.4, -0.2) is 79.2 Å². The van der Waals surface area contributed by atoms with Crippen LogP contribution in [0.15, 0.2) is 24.3 Å². The number of nitrogens with zero attached hydrogens (tertiary/aromatic N) is 2. The lowest BCUT2D eigenvalue weighted by Gasteiger charge is -2.40. The fourth-order valence-corrected chi connectivity index (χ4v) is 2.80. The van der Waals surface area contributed by atoms with Gasteiger partial charge in [0.1, 0.15) is 19.3 Å². The molecule has 0 aliphatic carbocycles. The van der Waals surface area contributed by atoms with Crippen LogP contribution < -0.4 is 10.6 Å². The van der Waals surface area contributed by atoms with Crippen LogP contribution in [0.4, 0.5) is 10.5 Å².